The summed E-state index contributed by atoms with van der Waals surface area (Å²) in [6.07, 6.45) is 11.3. The Morgan fingerprint density at radius 3 is 2.74 bits per heavy atom. The van der Waals surface area contributed by atoms with E-state index in [1.807, 2.05) is 18.7 Å². The maximum atomic E-state index is 14.0. The van der Waals surface area contributed by atoms with E-state index in [-0.39, 0.29) is 23.9 Å². The Morgan fingerprint density at radius 2 is 2.03 bits per heavy atom. The molecule has 7 nitrogen and oxygen atoms in total. The lowest BCUT2D eigenvalue weighted by atomic mass is 9.84. The number of amides is 2. The molecule has 5 atom stereocenters. The fourth-order valence-corrected chi connectivity index (χ4v) is 6.18. The van der Waals surface area contributed by atoms with Crippen LogP contribution in [-0.2, 0) is 9.53 Å². The monoisotopic (exact) mass is 476 g/mol. The largest absolute Gasteiger partial charge is 0.453 e. The van der Waals surface area contributed by atoms with E-state index in [0.29, 0.717) is 11.8 Å². The second kappa shape index (κ2) is 9.51. The van der Waals surface area contributed by atoms with Crippen LogP contribution in [-0.4, -0.2) is 46.1 Å². The molecule has 0 spiro atoms. The number of aromatic nitrogens is 2. The van der Waals surface area contributed by atoms with Crippen LogP contribution in [0.3, 0.4) is 0 Å². The summed E-state index contributed by atoms with van der Waals surface area (Å²) < 4.78 is 4.81. The highest BCUT2D eigenvalue weighted by molar-refractivity contribution is 5.87. The molecule has 2 aromatic rings. The number of carbonyl (C=O) groups excluding carboxylic acids is 2. The molecule has 7 heteroatoms. The number of alkyl carbamates (subject to hydrolysis) is 1. The van der Waals surface area contributed by atoms with Crippen LogP contribution >= 0.6 is 0 Å². The smallest absolute Gasteiger partial charge is 0.407 e. The number of hydrogen-bond donors (Lipinski definition) is 2. The van der Waals surface area contributed by atoms with Gasteiger partial charge in [-0.3, -0.25) is 4.79 Å². The number of likely N-dealkylation sites (tertiary alicyclic amines) is 1. The molecule has 186 valence electrons. The summed E-state index contributed by atoms with van der Waals surface area (Å²) >= 11 is 0. The highest BCUT2D eigenvalue weighted by atomic mass is 16.5. The molecule has 2 N–H and O–H groups in total. The first-order chi connectivity index (χ1) is 16.9. The van der Waals surface area contributed by atoms with E-state index < -0.39 is 12.1 Å². The van der Waals surface area contributed by atoms with E-state index in [4.69, 9.17) is 9.72 Å². The van der Waals surface area contributed by atoms with Crippen LogP contribution in [0.5, 0.6) is 0 Å². The van der Waals surface area contributed by atoms with Gasteiger partial charge in [0, 0.05) is 6.04 Å². The molecule has 1 saturated carbocycles. The molecule has 2 amide bonds. The van der Waals surface area contributed by atoms with Gasteiger partial charge in [-0.05, 0) is 60.3 Å². The zero-order valence-electron chi connectivity index (χ0n) is 21.1. The summed E-state index contributed by atoms with van der Waals surface area (Å²) in [6.45, 7) is 6.11. The highest BCUT2D eigenvalue weighted by Gasteiger charge is 2.48. The predicted octanol–water partition coefficient (Wildman–Crippen LogP) is 5.37. The minimum absolute atomic E-state index is 0.0399. The van der Waals surface area contributed by atoms with Crippen LogP contribution in [0, 0.1) is 17.8 Å². The van der Waals surface area contributed by atoms with Crippen molar-refractivity contribution in [1.29, 1.82) is 0 Å². The number of carbonyl (C=O) groups is 2. The number of nitrogens with one attached hydrogen (secondary N) is 2. The molecular weight excluding hydrogens is 440 g/mol. The zero-order chi connectivity index (χ0) is 24.7. The molecule has 0 radical (unpaired) electrons. The van der Waals surface area contributed by atoms with E-state index in [0.717, 1.165) is 42.5 Å². The molecule has 35 heavy (non-hydrogen) atoms. The third-order valence-corrected chi connectivity index (χ3v) is 8.05. The minimum Gasteiger partial charge on any atom is -0.453 e. The van der Waals surface area contributed by atoms with Crippen molar-refractivity contribution in [2.24, 2.45) is 17.8 Å². The Morgan fingerprint density at radius 1 is 1.23 bits per heavy atom. The van der Waals surface area contributed by atoms with Gasteiger partial charge in [0.15, 0.2) is 0 Å². The van der Waals surface area contributed by atoms with Gasteiger partial charge >= 0.3 is 6.09 Å². The topological polar surface area (TPSA) is 87.3 Å². The fraction of sp³-hybridized carbons (Fsp3) is 0.536. The molecular formula is C28H36N4O3. The number of allylic oxidation sites excluding steroid dienone is 4. The Balaban J connectivity index is 1.49. The molecule has 5 rings (SSSR count). The lowest BCUT2D eigenvalue weighted by Crippen LogP contribution is -2.53. The first-order valence-corrected chi connectivity index (χ1v) is 12.9. The second-order valence-corrected chi connectivity index (χ2v) is 10.6. The molecule has 2 heterocycles. The third-order valence-electron chi connectivity index (χ3n) is 8.05. The van der Waals surface area contributed by atoms with E-state index in [2.05, 4.69) is 53.7 Å². The number of rotatable bonds is 5. The quantitative estimate of drug-likeness (QED) is 0.608. The number of ether oxygens (including phenoxy) is 1. The molecule has 0 bridgehead atoms. The van der Waals surface area contributed by atoms with Crippen molar-refractivity contribution in [2.75, 3.05) is 7.11 Å². The van der Waals surface area contributed by atoms with Gasteiger partial charge in [0.1, 0.15) is 11.9 Å². The first-order valence-electron chi connectivity index (χ1n) is 12.9. The van der Waals surface area contributed by atoms with Crippen LogP contribution in [0.15, 0.2) is 36.4 Å². The summed E-state index contributed by atoms with van der Waals surface area (Å²) in [5.74, 6) is 1.60. The third kappa shape index (κ3) is 4.37. The molecule has 1 aromatic heterocycles. The van der Waals surface area contributed by atoms with E-state index in [1.54, 1.807) is 0 Å². The number of methoxy groups -OCH3 is 1. The Hall–Kier alpha value is -3.09. The van der Waals surface area contributed by atoms with Crippen molar-refractivity contribution < 1.29 is 14.3 Å². The Kier molecular flexibility index (Phi) is 6.43. The number of hydrogen-bond acceptors (Lipinski definition) is 4. The molecule has 1 aliphatic heterocycles. The minimum atomic E-state index is -0.634. The Bertz CT molecular complexity index is 1180. The number of benzene rings is 1. The SMILES string of the molecule is COC(=O)N[C@H](C(=O)N1[C@H](c2nc3cc(C4=CC=CC4C)ccc3[nH]2)C[C@@H]2CCCC[C@@H]21)C(C)C. The van der Waals surface area contributed by atoms with Crippen molar-refractivity contribution in [3.05, 3.63) is 47.8 Å². The normalized spacial score (nSPS) is 26.7. The zero-order valence-corrected chi connectivity index (χ0v) is 21.1. The van der Waals surface area contributed by atoms with Crippen LogP contribution in [0.1, 0.15) is 70.3 Å². The lowest BCUT2D eigenvalue weighted by Gasteiger charge is -2.36. The summed E-state index contributed by atoms with van der Waals surface area (Å²) in [5, 5.41) is 2.78. The number of nitrogens with zero attached hydrogens (tertiary/aromatic N) is 2. The molecule has 1 unspecified atom stereocenters. The fourth-order valence-electron chi connectivity index (χ4n) is 6.18. The van der Waals surface area contributed by atoms with Crippen molar-refractivity contribution in [1.82, 2.24) is 20.2 Å². The van der Waals surface area contributed by atoms with Gasteiger partial charge in [0.25, 0.3) is 0 Å². The number of imidazole rings is 1. The summed E-state index contributed by atoms with van der Waals surface area (Å²) in [6, 6.07) is 5.81. The van der Waals surface area contributed by atoms with Crippen LogP contribution < -0.4 is 5.32 Å². The van der Waals surface area contributed by atoms with Gasteiger partial charge in [-0.25, -0.2) is 9.78 Å². The Labute approximate surface area is 207 Å². The second-order valence-electron chi connectivity index (χ2n) is 10.6. The summed E-state index contributed by atoms with van der Waals surface area (Å²) in [5.41, 5.74) is 4.39. The summed E-state index contributed by atoms with van der Waals surface area (Å²) in [4.78, 5) is 36.6. The number of aromatic amines is 1. The van der Waals surface area contributed by atoms with Crippen molar-refractivity contribution in [3.63, 3.8) is 0 Å². The van der Waals surface area contributed by atoms with Gasteiger partial charge in [-0.1, -0.05) is 57.9 Å². The number of fused-ring (bicyclic) bond motifs is 2. The van der Waals surface area contributed by atoms with Crippen molar-refractivity contribution >= 4 is 28.6 Å². The van der Waals surface area contributed by atoms with Crippen LogP contribution in [0.4, 0.5) is 4.79 Å². The highest BCUT2D eigenvalue weighted by Crippen LogP contribution is 2.46. The predicted molar refractivity (Wildman–Crippen MR) is 136 cm³/mol. The lowest BCUT2D eigenvalue weighted by molar-refractivity contribution is -0.138. The maximum absolute atomic E-state index is 14.0. The van der Waals surface area contributed by atoms with Crippen molar-refractivity contribution in [3.8, 4) is 0 Å². The standard InChI is InChI=1S/C28H36N4O3/c1-16(2)25(31-28(34)35-4)27(33)32-23-11-6-5-9-19(23)15-24(32)26-29-21-13-12-18(14-22(21)30-26)20-10-7-8-17(20)3/h7-8,10,12-14,16-17,19,23-25H,5-6,9,11,15H2,1-4H3,(H,29,30)(H,31,34)/t17?,19-,23-,24-,25-/m0/s1. The van der Waals surface area contributed by atoms with E-state index in [1.165, 1.54) is 24.7 Å². The average molecular weight is 477 g/mol. The molecule has 3 aliphatic rings. The number of H-pyrrole nitrogens is 1. The van der Waals surface area contributed by atoms with Crippen molar-refractivity contribution in [2.45, 2.75) is 71.0 Å². The van der Waals surface area contributed by atoms with E-state index >= 15 is 0 Å². The summed E-state index contributed by atoms with van der Waals surface area (Å²) in [7, 11) is 1.33. The van der Waals surface area contributed by atoms with Crippen LogP contribution in [0.2, 0.25) is 0 Å². The molecule has 1 saturated heterocycles. The molecule has 2 aliphatic carbocycles. The van der Waals surface area contributed by atoms with Gasteiger partial charge < -0.3 is 19.9 Å². The maximum Gasteiger partial charge on any atom is 0.407 e. The van der Waals surface area contributed by atoms with Gasteiger partial charge in [0.05, 0.1) is 24.2 Å². The first kappa shape index (κ1) is 23.6. The van der Waals surface area contributed by atoms with Gasteiger partial charge in [0.2, 0.25) is 5.91 Å². The van der Waals surface area contributed by atoms with E-state index in [9.17, 15) is 9.59 Å². The van der Waals surface area contributed by atoms with Gasteiger partial charge in [-0.15, -0.1) is 0 Å². The van der Waals surface area contributed by atoms with Crippen LogP contribution in [0.25, 0.3) is 16.6 Å². The van der Waals surface area contributed by atoms with Gasteiger partial charge in [-0.2, -0.15) is 0 Å². The molecule has 2 fully saturated rings. The average Bonchev–Trinajstić information content (AvgIpc) is 3.56. The molecule has 1 aromatic carbocycles.